The number of allylic oxidation sites excluding steroid dienone is 2. The first-order chi connectivity index (χ1) is 9.35. The SMILES string of the molecule is COc1ccc(S(=O)(=O)NC2(C)C=CC(C)=CC2)cc1. The van der Waals surface area contributed by atoms with E-state index in [1.54, 1.807) is 19.2 Å². The number of rotatable bonds is 4. The second-order valence-corrected chi connectivity index (χ2v) is 6.87. The van der Waals surface area contributed by atoms with Gasteiger partial charge in [-0.3, -0.25) is 0 Å². The van der Waals surface area contributed by atoms with Gasteiger partial charge >= 0.3 is 0 Å². The van der Waals surface area contributed by atoms with Gasteiger partial charge in [0.2, 0.25) is 10.0 Å². The number of nitrogens with one attached hydrogen (secondary N) is 1. The van der Waals surface area contributed by atoms with Crippen LogP contribution in [0.3, 0.4) is 0 Å². The molecule has 1 aliphatic rings. The summed E-state index contributed by atoms with van der Waals surface area (Å²) in [6, 6.07) is 6.35. The molecule has 1 aromatic rings. The highest BCUT2D eigenvalue weighted by molar-refractivity contribution is 7.89. The zero-order valence-electron chi connectivity index (χ0n) is 11.9. The van der Waals surface area contributed by atoms with Crippen LogP contribution in [0.4, 0.5) is 0 Å². The van der Waals surface area contributed by atoms with Crippen molar-refractivity contribution in [1.82, 2.24) is 4.72 Å². The van der Waals surface area contributed by atoms with Crippen LogP contribution in [0.25, 0.3) is 0 Å². The van der Waals surface area contributed by atoms with Gasteiger partial charge in [0.05, 0.1) is 17.5 Å². The lowest BCUT2D eigenvalue weighted by Gasteiger charge is -2.28. The van der Waals surface area contributed by atoms with Gasteiger partial charge in [-0.15, -0.1) is 0 Å². The van der Waals surface area contributed by atoms with Crippen LogP contribution in [0.1, 0.15) is 20.3 Å². The van der Waals surface area contributed by atoms with Gasteiger partial charge in [-0.2, -0.15) is 0 Å². The molecule has 0 aromatic heterocycles. The van der Waals surface area contributed by atoms with Crippen LogP contribution >= 0.6 is 0 Å². The zero-order valence-corrected chi connectivity index (χ0v) is 12.7. The van der Waals surface area contributed by atoms with Crippen LogP contribution in [-0.4, -0.2) is 21.1 Å². The van der Waals surface area contributed by atoms with Crippen molar-refractivity contribution in [3.63, 3.8) is 0 Å². The first-order valence-electron chi connectivity index (χ1n) is 6.39. The first kappa shape index (κ1) is 14.8. The zero-order chi connectivity index (χ0) is 14.8. The van der Waals surface area contributed by atoms with E-state index in [4.69, 9.17) is 4.74 Å². The Morgan fingerprint density at radius 3 is 2.40 bits per heavy atom. The van der Waals surface area contributed by atoms with E-state index in [1.807, 2.05) is 32.1 Å². The van der Waals surface area contributed by atoms with Crippen molar-refractivity contribution < 1.29 is 13.2 Å². The molecule has 0 heterocycles. The highest BCUT2D eigenvalue weighted by Crippen LogP contribution is 2.24. The van der Waals surface area contributed by atoms with Gasteiger partial charge in [0, 0.05) is 0 Å². The summed E-state index contributed by atoms with van der Waals surface area (Å²) in [6.07, 6.45) is 6.49. The van der Waals surface area contributed by atoms with Crippen molar-refractivity contribution in [2.24, 2.45) is 0 Å². The molecule has 0 amide bonds. The van der Waals surface area contributed by atoms with E-state index in [9.17, 15) is 8.42 Å². The van der Waals surface area contributed by atoms with Gasteiger partial charge in [-0.25, -0.2) is 13.1 Å². The minimum Gasteiger partial charge on any atom is -0.497 e. The van der Waals surface area contributed by atoms with Gasteiger partial charge in [-0.05, 0) is 44.5 Å². The predicted molar refractivity (Wildman–Crippen MR) is 79.2 cm³/mol. The maximum Gasteiger partial charge on any atom is 0.241 e. The van der Waals surface area contributed by atoms with E-state index in [0.717, 1.165) is 5.57 Å². The Balaban J connectivity index is 2.21. The standard InChI is InChI=1S/C15H19NO3S/c1-12-8-10-15(2,11-9-12)16-20(17,18)14-6-4-13(19-3)5-7-14/h4-10,16H,11H2,1-3H3. The van der Waals surface area contributed by atoms with Crippen LogP contribution in [0.5, 0.6) is 5.75 Å². The summed E-state index contributed by atoms with van der Waals surface area (Å²) < 4.78 is 32.5. The average molecular weight is 293 g/mol. The molecule has 1 N–H and O–H groups in total. The van der Waals surface area contributed by atoms with Gasteiger partial charge in [-0.1, -0.05) is 23.8 Å². The van der Waals surface area contributed by atoms with Gasteiger partial charge in [0.1, 0.15) is 5.75 Å². The second-order valence-electron chi connectivity index (χ2n) is 5.18. The lowest BCUT2D eigenvalue weighted by atomic mass is 9.92. The Bertz CT molecular complexity index is 644. The lowest BCUT2D eigenvalue weighted by Crippen LogP contribution is -2.44. The Morgan fingerprint density at radius 2 is 1.90 bits per heavy atom. The fourth-order valence-electron chi connectivity index (χ4n) is 2.02. The van der Waals surface area contributed by atoms with Crippen molar-refractivity contribution in [2.75, 3.05) is 7.11 Å². The third-order valence-electron chi connectivity index (χ3n) is 3.30. The Morgan fingerprint density at radius 1 is 1.25 bits per heavy atom. The van der Waals surface area contributed by atoms with Crippen molar-refractivity contribution in [1.29, 1.82) is 0 Å². The highest BCUT2D eigenvalue weighted by atomic mass is 32.2. The highest BCUT2D eigenvalue weighted by Gasteiger charge is 2.28. The van der Waals surface area contributed by atoms with E-state index in [2.05, 4.69) is 4.72 Å². The molecule has 0 radical (unpaired) electrons. The molecule has 1 unspecified atom stereocenters. The second kappa shape index (κ2) is 5.42. The third-order valence-corrected chi connectivity index (χ3v) is 4.93. The third kappa shape index (κ3) is 3.29. The maximum atomic E-state index is 12.4. The fraction of sp³-hybridized carbons (Fsp3) is 0.333. The first-order valence-corrected chi connectivity index (χ1v) is 7.87. The molecular formula is C15H19NO3S. The molecule has 0 saturated carbocycles. The number of hydrogen-bond acceptors (Lipinski definition) is 3. The summed E-state index contributed by atoms with van der Waals surface area (Å²) >= 11 is 0. The van der Waals surface area contributed by atoms with E-state index in [-0.39, 0.29) is 4.90 Å². The van der Waals surface area contributed by atoms with Crippen molar-refractivity contribution in [3.8, 4) is 5.75 Å². The number of methoxy groups -OCH3 is 1. The quantitative estimate of drug-likeness (QED) is 0.928. The number of benzene rings is 1. The van der Waals surface area contributed by atoms with Crippen LogP contribution in [-0.2, 0) is 10.0 Å². The lowest BCUT2D eigenvalue weighted by molar-refractivity contribution is 0.414. The topological polar surface area (TPSA) is 55.4 Å². The molecule has 0 bridgehead atoms. The molecule has 0 fully saturated rings. The van der Waals surface area contributed by atoms with Gasteiger partial charge < -0.3 is 4.74 Å². The van der Waals surface area contributed by atoms with Crippen molar-refractivity contribution in [2.45, 2.75) is 30.7 Å². The summed E-state index contributed by atoms with van der Waals surface area (Å²) in [6.45, 7) is 3.86. The average Bonchev–Trinajstić information content (AvgIpc) is 2.42. The minimum atomic E-state index is -3.55. The van der Waals surface area contributed by atoms with Crippen LogP contribution in [0, 0.1) is 0 Å². The van der Waals surface area contributed by atoms with E-state index in [0.29, 0.717) is 12.2 Å². The largest absolute Gasteiger partial charge is 0.497 e. The van der Waals surface area contributed by atoms with Gasteiger partial charge in [0.25, 0.3) is 0 Å². The number of hydrogen-bond donors (Lipinski definition) is 1. The fourth-order valence-corrected chi connectivity index (χ4v) is 3.40. The molecule has 2 rings (SSSR count). The minimum absolute atomic E-state index is 0.235. The summed E-state index contributed by atoms with van der Waals surface area (Å²) in [5.74, 6) is 0.631. The molecule has 1 atom stereocenters. The molecule has 5 heteroatoms. The Labute approximate surface area is 120 Å². The molecule has 1 aromatic carbocycles. The molecule has 108 valence electrons. The smallest absolute Gasteiger partial charge is 0.241 e. The Kier molecular flexibility index (Phi) is 4.01. The Hall–Kier alpha value is -1.59. The van der Waals surface area contributed by atoms with Gasteiger partial charge in [0.15, 0.2) is 0 Å². The van der Waals surface area contributed by atoms with E-state index < -0.39 is 15.6 Å². The number of sulfonamides is 1. The summed E-state index contributed by atoms with van der Waals surface area (Å²) in [5, 5.41) is 0. The molecule has 20 heavy (non-hydrogen) atoms. The maximum absolute atomic E-state index is 12.4. The molecule has 0 aliphatic heterocycles. The van der Waals surface area contributed by atoms with Crippen LogP contribution in [0.15, 0.2) is 53.0 Å². The van der Waals surface area contributed by atoms with E-state index in [1.165, 1.54) is 12.1 Å². The van der Waals surface area contributed by atoms with Crippen molar-refractivity contribution in [3.05, 3.63) is 48.1 Å². The van der Waals surface area contributed by atoms with E-state index >= 15 is 0 Å². The predicted octanol–water partition coefficient (Wildman–Crippen LogP) is 2.64. The molecule has 4 nitrogen and oxygen atoms in total. The van der Waals surface area contributed by atoms with Crippen LogP contribution in [0.2, 0.25) is 0 Å². The summed E-state index contributed by atoms with van der Waals surface area (Å²) in [5.41, 5.74) is 0.560. The normalized spacial score (nSPS) is 22.4. The summed E-state index contributed by atoms with van der Waals surface area (Å²) in [4.78, 5) is 0.235. The summed E-state index contributed by atoms with van der Waals surface area (Å²) in [7, 11) is -2.00. The van der Waals surface area contributed by atoms with Crippen LogP contribution < -0.4 is 9.46 Å². The molecular weight excluding hydrogens is 274 g/mol. The molecule has 0 saturated heterocycles. The number of ether oxygens (including phenoxy) is 1. The molecule has 0 spiro atoms. The van der Waals surface area contributed by atoms with Crippen molar-refractivity contribution >= 4 is 10.0 Å². The monoisotopic (exact) mass is 293 g/mol. The molecule has 1 aliphatic carbocycles.